The Hall–Kier alpha value is -0.790. The van der Waals surface area contributed by atoms with Crippen LogP contribution >= 0.6 is 0 Å². The second kappa shape index (κ2) is 3.07. The molecule has 1 aliphatic heterocycles. The quantitative estimate of drug-likeness (QED) is 0.651. The van der Waals surface area contributed by atoms with Crippen LogP contribution in [0.25, 0.3) is 0 Å². The molecular formula is C9H15NO. The summed E-state index contributed by atoms with van der Waals surface area (Å²) in [4.78, 5) is 11.4. The fraction of sp³-hybridized carbons (Fsp3) is 0.667. The van der Waals surface area contributed by atoms with Crippen LogP contribution in [0, 0.1) is 5.92 Å². The molecule has 1 saturated heterocycles. The average Bonchev–Trinajstić information content (AvgIpc) is 2.34. The van der Waals surface area contributed by atoms with Gasteiger partial charge in [0.15, 0.2) is 5.78 Å². The molecule has 1 fully saturated rings. The van der Waals surface area contributed by atoms with Crippen molar-refractivity contribution in [2.24, 2.45) is 5.92 Å². The highest BCUT2D eigenvalue weighted by molar-refractivity contribution is 5.86. The van der Waals surface area contributed by atoms with Gasteiger partial charge >= 0.3 is 0 Å². The van der Waals surface area contributed by atoms with Gasteiger partial charge in [0.1, 0.15) is 0 Å². The molecule has 1 heterocycles. The number of allylic oxidation sites excluding steroid dienone is 1. The lowest BCUT2D eigenvalue weighted by atomic mass is 10.0. The minimum absolute atomic E-state index is 0.0440. The van der Waals surface area contributed by atoms with Gasteiger partial charge in [0.05, 0.1) is 6.04 Å². The average molecular weight is 153 g/mol. The van der Waals surface area contributed by atoms with E-state index in [4.69, 9.17) is 0 Å². The van der Waals surface area contributed by atoms with Gasteiger partial charge in [0.2, 0.25) is 0 Å². The molecule has 0 radical (unpaired) electrons. The minimum Gasteiger partial charge on any atom is -0.379 e. The number of carbonyl (C=O) groups excluding carboxylic acids is 1. The first-order valence-electron chi connectivity index (χ1n) is 4.09. The van der Waals surface area contributed by atoms with E-state index in [0.717, 1.165) is 18.5 Å². The number of ketones is 1. The summed E-state index contributed by atoms with van der Waals surface area (Å²) in [5.41, 5.74) is 1.00. The molecule has 1 N–H and O–H groups in total. The molecule has 0 saturated carbocycles. The number of nitrogens with one attached hydrogen (secondary N) is 1. The van der Waals surface area contributed by atoms with Gasteiger partial charge in [-0.05, 0) is 12.8 Å². The molecule has 0 aromatic rings. The molecule has 1 aliphatic rings. The van der Waals surface area contributed by atoms with Gasteiger partial charge in [-0.2, -0.15) is 0 Å². The van der Waals surface area contributed by atoms with Crippen molar-refractivity contribution in [1.82, 2.24) is 5.32 Å². The van der Waals surface area contributed by atoms with E-state index < -0.39 is 0 Å². The first-order chi connectivity index (χ1) is 5.11. The summed E-state index contributed by atoms with van der Waals surface area (Å²) in [7, 11) is 0. The standard InChI is InChI=1S/C9H15NO/c1-6(2)9(11)8-5-4-7(3)10-8/h6,8,10H,3-5H2,1-2H3/t8-/m1/s1. The molecule has 1 rings (SSSR count). The maximum atomic E-state index is 11.4. The van der Waals surface area contributed by atoms with Crippen LogP contribution in [0.4, 0.5) is 0 Å². The Morgan fingerprint density at radius 3 is 2.73 bits per heavy atom. The second-order valence-electron chi connectivity index (χ2n) is 3.40. The van der Waals surface area contributed by atoms with Crippen LogP contribution in [0.5, 0.6) is 0 Å². The maximum Gasteiger partial charge on any atom is 0.157 e. The lowest BCUT2D eigenvalue weighted by Crippen LogP contribution is -2.32. The molecule has 11 heavy (non-hydrogen) atoms. The highest BCUT2D eigenvalue weighted by atomic mass is 16.1. The summed E-state index contributed by atoms with van der Waals surface area (Å²) >= 11 is 0. The zero-order chi connectivity index (χ0) is 8.43. The van der Waals surface area contributed by atoms with Crippen molar-refractivity contribution in [2.45, 2.75) is 32.7 Å². The van der Waals surface area contributed by atoms with Crippen molar-refractivity contribution in [3.05, 3.63) is 12.3 Å². The van der Waals surface area contributed by atoms with Gasteiger partial charge in [0, 0.05) is 11.6 Å². The topological polar surface area (TPSA) is 29.1 Å². The Balaban J connectivity index is 2.50. The van der Waals surface area contributed by atoms with Gasteiger partial charge in [-0.15, -0.1) is 0 Å². The fourth-order valence-corrected chi connectivity index (χ4v) is 1.33. The summed E-state index contributed by atoms with van der Waals surface area (Å²) in [6, 6.07) is 0.0440. The summed E-state index contributed by atoms with van der Waals surface area (Å²) < 4.78 is 0. The smallest absolute Gasteiger partial charge is 0.157 e. The van der Waals surface area contributed by atoms with E-state index in [0.29, 0.717) is 5.78 Å². The Labute approximate surface area is 67.7 Å². The van der Waals surface area contributed by atoms with E-state index in [1.807, 2.05) is 13.8 Å². The van der Waals surface area contributed by atoms with Crippen LogP contribution in [-0.2, 0) is 4.79 Å². The molecule has 0 aromatic heterocycles. The zero-order valence-electron chi connectivity index (χ0n) is 7.18. The molecule has 1 atom stereocenters. The molecule has 0 amide bonds. The van der Waals surface area contributed by atoms with E-state index in [9.17, 15) is 4.79 Å². The number of hydrogen-bond acceptors (Lipinski definition) is 2. The van der Waals surface area contributed by atoms with Crippen LogP contribution in [0.2, 0.25) is 0 Å². The lowest BCUT2D eigenvalue weighted by molar-refractivity contribution is -0.123. The first kappa shape index (κ1) is 8.31. The summed E-state index contributed by atoms with van der Waals surface area (Å²) in [6.07, 6.45) is 1.87. The Kier molecular flexibility index (Phi) is 2.32. The predicted molar refractivity (Wildman–Crippen MR) is 45.1 cm³/mol. The van der Waals surface area contributed by atoms with Crippen molar-refractivity contribution < 1.29 is 4.79 Å². The van der Waals surface area contributed by atoms with Crippen molar-refractivity contribution in [3.63, 3.8) is 0 Å². The predicted octanol–water partition coefficient (Wildman–Crippen LogP) is 1.48. The van der Waals surface area contributed by atoms with E-state index in [2.05, 4.69) is 11.9 Å². The number of rotatable bonds is 2. The molecule has 0 aliphatic carbocycles. The van der Waals surface area contributed by atoms with Gasteiger partial charge in [-0.3, -0.25) is 4.79 Å². The van der Waals surface area contributed by atoms with Gasteiger partial charge < -0.3 is 5.32 Å². The monoisotopic (exact) mass is 153 g/mol. The summed E-state index contributed by atoms with van der Waals surface area (Å²) in [6.45, 7) is 7.65. The zero-order valence-corrected chi connectivity index (χ0v) is 7.18. The molecule has 0 spiro atoms. The molecule has 2 heteroatoms. The molecule has 0 bridgehead atoms. The third kappa shape index (κ3) is 1.82. The number of hydrogen-bond donors (Lipinski definition) is 1. The Morgan fingerprint density at radius 2 is 2.36 bits per heavy atom. The van der Waals surface area contributed by atoms with E-state index in [-0.39, 0.29) is 12.0 Å². The number of Topliss-reactive ketones (excluding diaryl/α,β-unsaturated/α-hetero) is 1. The van der Waals surface area contributed by atoms with E-state index in [1.54, 1.807) is 0 Å². The van der Waals surface area contributed by atoms with Crippen molar-refractivity contribution in [2.75, 3.05) is 0 Å². The van der Waals surface area contributed by atoms with E-state index in [1.165, 1.54) is 0 Å². The molecule has 62 valence electrons. The summed E-state index contributed by atoms with van der Waals surface area (Å²) in [5.74, 6) is 0.446. The molecular weight excluding hydrogens is 138 g/mol. The SMILES string of the molecule is C=C1CC[C@H](C(=O)C(C)C)N1. The molecule has 2 nitrogen and oxygen atoms in total. The highest BCUT2D eigenvalue weighted by Crippen LogP contribution is 2.16. The van der Waals surface area contributed by atoms with Crippen molar-refractivity contribution in [3.8, 4) is 0 Å². The molecule has 0 unspecified atom stereocenters. The third-order valence-electron chi connectivity index (χ3n) is 2.03. The minimum atomic E-state index is 0.0440. The maximum absolute atomic E-state index is 11.4. The molecule has 0 aromatic carbocycles. The van der Waals surface area contributed by atoms with Gasteiger partial charge in [-0.25, -0.2) is 0 Å². The fourth-order valence-electron chi connectivity index (χ4n) is 1.33. The van der Waals surface area contributed by atoms with Crippen LogP contribution in [-0.4, -0.2) is 11.8 Å². The third-order valence-corrected chi connectivity index (χ3v) is 2.03. The van der Waals surface area contributed by atoms with Crippen LogP contribution in [0.1, 0.15) is 26.7 Å². The highest BCUT2D eigenvalue weighted by Gasteiger charge is 2.25. The van der Waals surface area contributed by atoms with Gasteiger partial charge in [-0.1, -0.05) is 20.4 Å². The Morgan fingerprint density at radius 1 is 1.73 bits per heavy atom. The van der Waals surface area contributed by atoms with Crippen LogP contribution in [0.3, 0.4) is 0 Å². The first-order valence-corrected chi connectivity index (χ1v) is 4.09. The van der Waals surface area contributed by atoms with Crippen LogP contribution in [0.15, 0.2) is 12.3 Å². The summed E-state index contributed by atoms with van der Waals surface area (Å²) in [5, 5.41) is 3.09. The normalized spacial score (nSPS) is 23.9. The van der Waals surface area contributed by atoms with E-state index >= 15 is 0 Å². The second-order valence-corrected chi connectivity index (χ2v) is 3.40. The lowest BCUT2D eigenvalue weighted by Gasteiger charge is -2.11. The van der Waals surface area contributed by atoms with Crippen LogP contribution < -0.4 is 5.32 Å². The van der Waals surface area contributed by atoms with Gasteiger partial charge in [0.25, 0.3) is 0 Å². The largest absolute Gasteiger partial charge is 0.379 e. The Bertz CT molecular complexity index is 184. The van der Waals surface area contributed by atoms with Crippen molar-refractivity contribution >= 4 is 5.78 Å². The van der Waals surface area contributed by atoms with Crippen molar-refractivity contribution in [1.29, 1.82) is 0 Å². The number of carbonyl (C=O) groups is 1.